The molecule has 0 N–H and O–H groups in total. The van der Waals surface area contributed by atoms with Gasteiger partial charge in [0.25, 0.3) is 0 Å². The maximum absolute atomic E-state index is 11.6. The van der Waals surface area contributed by atoms with Crippen LogP contribution in [-0.2, 0) is 9.53 Å². The fraction of sp³-hybridized carbons (Fsp3) is 0.812. The fourth-order valence-corrected chi connectivity index (χ4v) is 2.35. The second-order valence-electron chi connectivity index (χ2n) is 5.23. The first-order chi connectivity index (χ1) is 8.83. The van der Waals surface area contributed by atoms with E-state index in [1.54, 1.807) is 0 Å². The summed E-state index contributed by atoms with van der Waals surface area (Å²) in [6.07, 6.45) is 16.7. The zero-order valence-electron chi connectivity index (χ0n) is 11.8. The molecule has 1 atom stereocenters. The summed E-state index contributed by atoms with van der Waals surface area (Å²) < 4.78 is 5.52. The molecule has 0 bridgehead atoms. The maximum Gasteiger partial charge on any atom is 0.306 e. The molecule has 1 unspecified atom stereocenters. The molecule has 0 aromatic carbocycles. The monoisotopic (exact) mass is 252 g/mol. The van der Waals surface area contributed by atoms with E-state index >= 15 is 0 Å². The van der Waals surface area contributed by atoms with Crippen molar-refractivity contribution in [2.24, 2.45) is 0 Å². The zero-order chi connectivity index (χ0) is 13.1. The average molecular weight is 252 g/mol. The molecule has 0 fully saturated rings. The Labute approximate surface area is 112 Å². The molecule has 18 heavy (non-hydrogen) atoms. The van der Waals surface area contributed by atoms with E-state index < -0.39 is 0 Å². The number of allylic oxidation sites excluding steroid dienone is 2. The number of cyclic esters (lactones) is 1. The molecular weight excluding hydrogens is 224 g/mol. The van der Waals surface area contributed by atoms with Gasteiger partial charge < -0.3 is 4.74 Å². The third kappa shape index (κ3) is 7.52. The highest BCUT2D eigenvalue weighted by molar-refractivity contribution is 5.69. The van der Waals surface area contributed by atoms with Crippen LogP contribution in [0.5, 0.6) is 0 Å². The minimum absolute atomic E-state index is 0.000650. The highest BCUT2D eigenvalue weighted by Gasteiger charge is 2.11. The Morgan fingerprint density at radius 3 is 2.44 bits per heavy atom. The standard InChI is InChI=1S/C16H28O2/c1-2-15-13-11-9-7-5-3-4-6-8-10-12-14-16(17)18-15/h4,6,15H,2-3,5,7-14H2,1H3/b6-4-. The smallest absolute Gasteiger partial charge is 0.306 e. The molecule has 0 aromatic rings. The van der Waals surface area contributed by atoms with Crippen molar-refractivity contribution in [1.82, 2.24) is 0 Å². The Morgan fingerprint density at radius 2 is 1.72 bits per heavy atom. The molecular formula is C16H28O2. The number of ether oxygens (including phenoxy) is 1. The Kier molecular flexibility index (Phi) is 8.62. The minimum Gasteiger partial charge on any atom is -0.462 e. The van der Waals surface area contributed by atoms with Gasteiger partial charge in [-0.25, -0.2) is 0 Å². The van der Waals surface area contributed by atoms with Crippen LogP contribution in [0.4, 0.5) is 0 Å². The number of hydrogen-bond acceptors (Lipinski definition) is 2. The van der Waals surface area contributed by atoms with E-state index in [1.165, 1.54) is 32.1 Å². The van der Waals surface area contributed by atoms with Gasteiger partial charge in [-0.05, 0) is 51.4 Å². The summed E-state index contributed by atoms with van der Waals surface area (Å²) in [5, 5.41) is 0. The number of carbonyl (C=O) groups is 1. The topological polar surface area (TPSA) is 26.3 Å². The van der Waals surface area contributed by atoms with Crippen molar-refractivity contribution in [1.29, 1.82) is 0 Å². The molecule has 0 spiro atoms. The van der Waals surface area contributed by atoms with E-state index in [0.717, 1.165) is 32.1 Å². The van der Waals surface area contributed by atoms with Crippen LogP contribution in [0.2, 0.25) is 0 Å². The van der Waals surface area contributed by atoms with Crippen LogP contribution in [0.3, 0.4) is 0 Å². The first-order valence-corrected chi connectivity index (χ1v) is 7.67. The second kappa shape index (κ2) is 10.2. The van der Waals surface area contributed by atoms with Crippen molar-refractivity contribution in [3.05, 3.63) is 12.2 Å². The molecule has 1 aliphatic rings. The van der Waals surface area contributed by atoms with Crippen LogP contribution in [0.25, 0.3) is 0 Å². The Hall–Kier alpha value is -0.790. The maximum atomic E-state index is 11.6. The molecule has 1 heterocycles. The summed E-state index contributed by atoms with van der Waals surface area (Å²) in [5.74, 6) is 0.000650. The van der Waals surface area contributed by atoms with Crippen molar-refractivity contribution < 1.29 is 9.53 Å². The van der Waals surface area contributed by atoms with Gasteiger partial charge in [-0.15, -0.1) is 0 Å². The summed E-state index contributed by atoms with van der Waals surface area (Å²) >= 11 is 0. The Bertz CT molecular complexity index is 245. The first kappa shape index (κ1) is 15.3. The molecule has 0 aromatic heterocycles. The van der Waals surface area contributed by atoms with Gasteiger partial charge in [0.1, 0.15) is 6.10 Å². The van der Waals surface area contributed by atoms with Crippen LogP contribution in [0.1, 0.15) is 77.6 Å². The molecule has 1 rings (SSSR count). The Morgan fingerprint density at radius 1 is 1.06 bits per heavy atom. The van der Waals surface area contributed by atoms with E-state index in [0.29, 0.717) is 6.42 Å². The van der Waals surface area contributed by atoms with E-state index in [-0.39, 0.29) is 12.1 Å². The molecule has 0 aliphatic carbocycles. The summed E-state index contributed by atoms with van der Waals surface area (Å²) in [6, 6.07) is 0. The average Bonchev–Trinajstić information content (AvgIpc) is 2.38. The molecule has 0 radical (unpaired) electrons. The fourth-order valence-electron chi connectivity index (χ4n) is 2.35. The highest BCUT2D eigenvalue weighted by atomic mass is 16.5. The number of carbonyl (C=O) groups excluding carboxylic acids is 1. The second-order valence-corrected chi connectivity index (χ2v) is 5.23. The van der Waals surface area contributed by atoms with Gasteiger partial charge >= 0.3 is 5.97 Å². The van der Waals surface area contributed by atoms with E-state index in [9.17, 15) is 4.79 Å². The quantitative estimate of drug-likeness (QED) is 0.496. The first-order valence-electron chi connectivity index (χ1n) is 7.67. The zero-order valence-corrected chi connectivity index (χ0v) is 11.8. The molecule has 2 nitrogen and oxygen atoms in total. The predicted octanol–water partition coefficient (Wildman–Crippen LogP) is 4.78. The largest absolute Gasteiger partial charge is 0.462 e. The van der Waals surface area contributed by atoms with Gasteiger partial charge in [-0.2, -0.15) is 0 Å². The number of rotatable bonds is 1. The third-order valence-corrected chi connectivity index (χ3v) is 3.57. The lowest BCUT2D eigenvalue weighted by Gasteiger charge is -2.16. The van der Waals surface area contributed by atoms with Gasteiger partial charge in [-0.3, -0.25) is 4.79 Å². The van der Waals surface area contributed by atoms with Gasteiger partial charge in [-0.1, -0.05) is 31.9 Å². The van der Waals surface area contributed by atoms with Gasteiger partial charge in [0.15, 0.2) is 0 Å². The van der Waals surface area contributed by atoms with Gasteiger partial charge in [0, 0.05) is 6.42 Å². The van der Waals surface area contributed by atoms with Crippen LogP contribution in [0.15, 0.2) is 12.2 Å². The molecule has 1 aliphatic heterocycles. The number of hydrogen-bond donors (Lipinski definition) is 0. The van der Waals surface area contributed by atoms with Crippen molar-refractivity contribution in [2.75, 3.05) is 0 Å². The van der Waals surface area contributed by atoms with Crippen LogP contribution >= 0.6 is 0 Å². The minimum atomic E-state index is 0.000650. The highest BCUT2D eigenvalue weighted by Crippen LogP contribution is 2.14. The van der Waals surface area contributed by atoms with E-state index in [4.69, 9.17) is 4.74 Å². The molecule has 104 valence electrons. The lowest BCUT2D eigenvalue weighted by molar-refractivity contribution is -0.149. The third-order valence-electron chi connectivity index (χ3n) is 3.57. The van der Waals surface area contributed by atoms with Crippen molar-refractivity contribution >= 4 is 5.97 Å². The normalized spacial score (nSPS) is 26.7. The summed E-state index contributed by atoms with van der Waals surface area (Å²) in [7, 11) is 0. The number of esters is 1. The van der Waals surface area contributed by atoms with Crippen molar-refractivity contribution in [3.8, 4) is 0 Å². The van der Waals surface area contributed by atoms with Crippen molar-refractivity contribution in [2.45, 2.75) is 83.7 Å². The van der Waals surface area contributed by atoms with Crippen LogP contribution in [0, 0.1) is 0 Å². The van der Waals surface area contributed by atoms with E-state index in [1.807, 2.05) is 0 Å². The Balaban J connectivity index is 2.35. The van der Waals surface area contributed by atoms with Gasteiger partial charge in [0.05, 0.1) is 0 Å². The summed E-state index contributed by atoms with van der Waals surface area (Å²) in [4.78, 5) is 11.6. The molecule has 0 amide bonds. The molecule has 0 saturated heterocycles. The SMILES string of the molecule is CCC1CCCCCC/C=C\CCCCC(=O)O1. The van der Waals surface area contributed by atoms with Crippen LogP contribution in [-0.4, -0.2) is 12.1 Å². The molecule has 0 saturated carbocycles. The summed E-state index contributed by atoms with van der Waals surface area (Å²) in [5.41, 5.74) is 0. The summed E-state index contributed by atoms with van der Waals surface area (Å²) in [6.45, 7) is 2.11. The lowest BCUT2D eigenvalue weighted by atomic mass is 10.1. The predicted molar refractivity (Wildman–Crippen MR) is 75.5 cm³/mol. The van der Waals surface area contributed by atoms with E-state index in [2.05, 4.69) is 19.1 Å². The van der Waals surface area contributed by atoms with Crippen molar-refractivity contribution in [3.63, 3.8) is 0 Å². The lowest BCUT2D eigenvalue weighted by Crippen LogP contribution is -2.17. The van der Waals surface area contributed by atoms with Crippen LogP contribution < -0.4 is 0 Å². The molecule has 2 heteroatoms. The van der Waals surface area contributed by atoms with Gasteiger partial charge in [0.2, 0.25) is 0 Å².